The van der Waals surface area contributed by atoms with Crippen LogP contribution in [0.1, 0.15) is 31.7 Å². The molecule has 0 aliphatic carbocycles. The number of nitrogens with zero attached hydrogens (tertiary/aromatic N) is 2. The molecule has 0 saturated heterocycles. The number of aromatic nitrogens is 1. The summed E-state index contributed by atoms with van der Waals surface area (Å²) in [4.78, 5) is 16.2. The zero-order valence-corrected chi connectivity index (χ0v) is 13.5. The topological polar surface area (TPSA) is 72.4 Å². The van der Waals surface area contributed by atoms with Crippen molar-refractivity contribution in [2.75, 3.05) is 10.8 Å². The second-order valence-corrected chi connectivity index (χ2v) is 5.94. The number of hydrogen-bond acceptors (Lipinski definition) is 5. The summed E-state index contributed by atoms with van der Waals surface area (Å²) >= 11 is 1.54. The number of unbranched alkanes of at least 4 members (excludes halogenated alkanes) is 1. The van der Waals surface area contributed by atoms with Crippen LogP contribution in [0.3, 0.4) is 0 Å². The first-order chi connectivity index (χ1) is 10.7. The van der Waals surface area contributed by atoms with Gasteiger partial charge in [0.25, 0.3) is 5.22 Å². The van der Waals surface area contributed by atoms with Crippen LogP contribution < -0.4 is 10.9 Å². The van der Waals surface area contributed by atoms with Gasteiger partial charge in [-0.1, -0.05) is 43.3 Å². The number of anilines is 1. The number of thioether (sulfide) groups is 1. The Kier molecular flexibility index (Phi) is 6.48. The summed E-state index contributed by atoms with van der Waals surface area (Å²) in [6.07, 6.45) is 6.29. The molecule has 0 saturated carbocycles. The molecule has 0 atom stereocenters. The second kappa shape index (κ2) is 8.60. The average molecular weight is 319 g/mol. The van der Waals surface area contributed by atoms with Crippen molar-refractivity contribution in [3.05, 3.63) is 42.3 Å². The Morgan fingerprint density at radius 3 is 2.95 bits per heavy atom. The van der Waals surface area contributed by atoms with Gasteiger partial charge in [-0.25, -0.2) is 15.8 Å². The number of amides is 1. The van der Waals surface area contributed by atoms with E-state index in [-0.39, 0.29) is 5.91 Å². The monoisotopic (exact) mass is 319 g/mol. The minimum Gasteiger partial charge on any atom is -0.440 e. The Balaban J connectivity index is 1.98. The molecule has 1 aromatic heterocycles. The summed E-state index contributed by atoms with van der Waals surface area (Å²) in [5.74, 6) is 6.76. The van der Waals surface area contributed by atoms with E-state index in [0.29, 0.717) is 11.6 Å². The minimum atomic E-state index is -0.0466. The maximum atomic E-state index is 12.1. The number of oxazole rings is 1. The van der Waals surface area contributed by atoms with Crippen molar-refractivity contribution < 1.29 is 9.21 Å². The summed E-state index contributed by atoms with van der Waals surface area (Å²) in [7, 11) is 0. The van der Waals surface area contributed by atoms with E-state index >= 15 is 0 Å². The number of aryl methyl sites for hydroxylation is 1. The van der Waals surface area contributed by atoms with Gasteiger partial charge < -0.3 is 4.42 Å². The highest BCUT2D eigenvalue weighted by molar-refractivity contribution is 7.99. The molecule has 2 aromatic rings. The number of rotatable bonds is 8. The molecule has 0 aliphatic heterocycles. The van der Waals surface area contributed by atoms with E-state index in [1.54, 1.807) is 24.2 Å². The molecule has 1 aromatic carbocycles. The van der Waals surface area contributed by atoms with Gasteiger partial charge in [-0.05, 0) is 24.5 Å². The van der Waals surface area contributed by atoms with E-state index in [4.69, 9.17) is 10.3 Å². The van der Waals surface area contributed by atoms with Crippen molar-refractivity contribution in [2.24, 2.45) is 5.84 Å². The molecule has 0 aliphatic rings. The molecule has 5 nitrogen and oxygen atoms in total. The molecular formula is C16H21N3O2S. The van der Waals surface area contributed by atoms with Gasteiger partial charge >= 0.3 is 0 Å². The average Bonchev–Trinajstić information content (AvgIpc) is 3.05. The second-order valence-electron chi connectivity index (χ2n) is 4.89. The highest BCUT2D eigenvalue weighted by Gasteiger charge is 2.14. The number of benzene rings is 1. The minimum absolute atomic E-state index is 0.0466. The van der Waals surface area contributed by atoms with Gasteiger partial charge in [0.1, 0.15) is 6.26 Å². The Bertz CT molecular complexity index is 587. The zero-order chi connectivity index (χ0) is 15.8. The summed E-state index contributed by atoms with van der Waals surface area (Å²) < 4.78 is 5.19. The predicted molar refractivity (Wildman–Crippen MR) is 88.6 cm³/mol. The Hall–Kier alpha value is -1.79. The van der Waals surface area contributed by atoms with Gasteiger partial charge in [0.2, 0.25) is 5.91 Å². The molecule has 22 heavy (non-hydrogen) atoms. The maximum Gasteiger partial charge on any atom is 0.255 e. The van der Waals surface area contributed by atoms with Crippen LogP contribution in [0, 0.1) is 0 Å². The number of carbonyl (C=O) groups is 1. The van der Waals surface area contributed by atoms with Crippen molar-refractivity contribution in [3.63, 3.8) is 0 Å². The Morgan fingerprint density at radius 2 is 2.23 bits per heavy atom. The van der Waals surface area contributed by atoms with Gasteiger partial charge in [-0.2, -0.15) is 0 Å². The van der Waals surface area contributed by atoms with E-state index < -0.39 is 0 Å². The van der Waals surface area contributed by atoms with Crippen LogP contribution in [-0.4, -0.2) is 16.6 Å². The van der Waals surface area contributed by atoms with E-state index in [1.807, 2.05) is 24.3 Å². The highest BCUT2D eigenvalue weighted by atomic mass is 32.2. The highest BCUT2D eigenvalue weighted by Crippen LogP contribution is 2.23. The molecule has 0 radical (unpaired) electrons. The standard InChI is InChI=1S/C16H21N3O2S/c1-2-3-8-15(20)19(17)14-7-5-4-6-13(14)9-12-22-16-18-10-11-21-16/h4-7,10-11H,2-3,8-9,12,17H2,1H3. The van der Waals surface area contributed by atoms with Crippen molar-refractivity contribution in [2.45, 2.75) is 37.8 Å². The largest absolute Gasteiger partial charge is 0.440 e. The summed E-state index contributed by atoms with van der Waals surface area (Å²) in [5.41, 5.74) is 1.82. The first-order valence-corrected chi connectivity index (χ1v) is 8.38. The lowest BCUT2D eigenvalue weighted by Crippen LogP contribution is -2.38. The van der Waals surface area contributed by atoms with Crippen LogP contribution in [0.25, 0.3) is 0 Å². The Labute approximate surface area is 134 Å². The lowest BCUT2D eigenvalue weighted by Gasteiger charge is -2.20. The van der Waals surface area contributed by atoms with Crippen molar-refractivity contribution in [3.8, 4) is 0 Å². The van der Waals surface area contributed by atoms with Gasteiger partial charge in [0.05, 0.1) is 11.9 Å². The van der Waals surface area contributed by atoms with E-state index in [1.165, 1.54) is 5.01 Å². The molecule has 1 heterocycles. The molecule has 2 rings (SSSR count). The molecule has 0 bridgehead atoms. The van der Waals surface area contributed by atoms with E-state index in [9.17, 15) is 4.79 Å². The smallest absolute Gasteiger partial charge is 0.255 e. The van der Waals surface area contributed by atoms with E-state index in [0.717, 1.165) is 36.3 Å². The number of nitrogens with two attached hydrogens (primary N) is 1. The summed E-state index contributed by atoms with van der Waals surface area (Å²) in [6.45, 7) is 2.06. The molecular weight excluding hydrogens is 298 g/mol. The van der Waals surface area contributed by atoms with Gasteiger partial charge in [0, 0.05) is 12.2 Å². The van der Waals surface area contributed by atoms with Crippen LogP contribution in [0.4, 0.5) is 5.69 Å². The molecule has 2 N–H and O–H groups in total. The van der Waals surface area contributed by atoms with Crippen LogP contribution in [0.5, 0.6) is 0 Å². The molecule has 0 fully saturated rings. The van der Waals surface area contributed by atoms with E-state index in [2.05, 4.69) is 11.9 Å². The van der Waals surface area contributed by atoms with Crippen LogP contribution in [0.15, 0.2) is 46.4 Å². The molecule has 0 spiro atoms. The summed E-state index contributed by atoms with van der Waals surface area (Å²) in [5, 5.41) is 1.93. The first-order valence-electron chi connectivity index (χ1n) is 7.40. The molecule has 1 amide bonds. The van der Waals surface area contributed by atoms with Crippen LogP contribution >= 0.6 is 11.8 Å². The van der Waals surface area contributed by atoms with Gasteiger partial charge in [-0.15, -0.1) is 0 Å². The maximum absolute atomic E-state index is 12.1. The fraction of sp³-hybridized carbons (Fsp3) is 0.375. The van der Waals surface area contributed by atoms with Crippen LogP contribution in [-0.2, 0) is 11.2 Å². The number of hydrogen-bond donors (Lipinski definition) is 1. The first kappa shape index (κ1) is 16.6. The third-order valence-electron chi connectivity index (χ3n) is 3.27. The predicted octanol–water partition coefficient (Wildman–Crippen LogP) is 3.41. The fourth-order valence-corrected chi connectivity index (χ4v) is 2.83. The number of carbonyl (C=O) groups excluding carboxylic acids is 1. The fourth-order valence-electron chi connectivity index (χ4n) is 2.07. The van der Waals surface area contributed by atoms with Gasteiger partial charge in [-0.3, -0.25) is 4.79 Å². The number of para-hydroxylation sites is 1. The molecule has 6 heteroatoms. The normalized spacial score (nSPS) is 10.6. The zero-order valence-electron chi connectivity index (χ0n) is 12.7. The summed E-state index contributed by atoms with van der Waals surface area (Å²) in [6, 6.07) is 7.74. The quantitative estimate of drug-likeness (QED) is 0.349. The van der Waals surface area contributed by atoms with Crippen molar-refractivity contribution >= 4 is 23.4 Å². The van der Waals surface area contributed by atoms with Crippen molar-refractivity contribution in [1.29, 1.82) is 0 Å². The number of hydrazine groups is 1. The Morgan fingerprint density at radius 1 is 1.41 bits per heavy atom. The lowest BCUT2D eigenvalue weighted by molar-refractivity contribution is -0.118. The molecule has 118 valence electrons. The van der Waals surface area contributed by atoms with Gasteiger partial charge in [0.15, 0.2) is 0 Å². The van der Waals surface area contributed by atoms with Crippen molar-refractivity contribution in [1.82, 2.24) is 4.98 Å². The third kappa shape index (κ3) is 4.61. The lowest BCUT2D eigenvalue weighted by atomic mass is 10.1. The SMILES string of the molecule is CCCCC(=O)N(N)c1ccccc1CCSc1ncco1. The third-order valence-corrected chi connectivity index (χ3v) is 4.13. The van der Waals surface area contributed by atoms with Crippen LogP contribution in [0.2, 0.25) is 0 Å². The molecule has 0 unspecified atom stereocenters.